The molecule has 5 heteroatoms. The predicted octanol–water partition coefficient (Wildman–Crippen LogP) is 0.882. The largest absolute Gasteiger partial charge is 0.341 e. The van der Waals surface area contributed by atoms with Crippen molar-refractivity contribution in [3.63, 3.8) is 0 Å². The minimum atomic E-state index is -0.707. The van der Waals surface area contributed by atoms with Crippen LogP contribution in [0, 0.1) is 0 Å². The van der Waals surface area contributed by atoms with Gasteiger partial charge in [-0.05, 0) is 11.4 Å². The van der Waals surface area contributed by atoms with Gasteiger partial charge in [-0.15, -0.1) is 11.3 Å². The Labute approximate surface area is 95.6 Å². The standard InChI is InChI=1S/C10H13NO2S2/c12-10(8-9-2-1-5-14-9)11-3-6-15(13)7-4-11/h1-2,5H,3-4,6-8H2. The molecule has 1 saturated heterocycles. The monoisotopic (exact) mass is 243 g/mol. The van der Waals surface area contributed by atoms with Crippen molar-refractivity contribution in [2.24, 2.45) is 0 Å². The molecule has 1 aromatic rings. The lowest BCUT2D eigenvalue weighted by atomic mass is 10.3. The van der Waals surface area contributed by atoms with Crippen LogP contribution >= 0.6 is 11.3 Å². The van der Waals surface area contributed by atoms with E-state index >= 15 is 0 Å². The molecule has 1 aliphatic rings. The summed E-state index contributed by atoms with van der Waals surface area (Å²) in [4.78, 5) is 14.7. The molecule has 0 unspecified atom stereocenters. The predicted molar refractivity (Wildman–Crippen MR) is 62.5 cm³/mol. The molecular weight excluding hydrogens is 230 g/mol. The summed E-state index contributed by atoms with van der Waals surface area (Å²) in [5, 5.41) is 1.98. The molecule has 0 bridgehead atoms. The Morgan fingerprint density at radius 3 is 2.80 bits per heavy atom. The van der Waals surface area contributed by atoms with Gasteiger partial charge >= 0.3 is 0 Å². The van der Waals surface area contributed by atoms with Crippen molar-refractivity contribution >= 4 is 28.0 Å². The van der Waals surface area contributed by atoms with Gasteiger partial charge in [0.25, 0.3) is 0 Å². The van der Waals surface area contributed by atoms with E-state index in [-0.39, 0.29) is 5.91 Å². The molecule has 15 heavy (non-hydrogen) atoms. The van der Waals surface area contributed by atoms with Crippen molar-refractivity contribution in [2.75, 3.05) is 24.6 Å². The highest BCUT2D eigenvalue weighted by molar-refractivity contribution is 7.85. The fourth-order valence-electron chi connectivity index (χ4n) is 1.56. The lowest BCUT2D eigenvalue weighted by molar-refractivity contribution is -0.130. The van der Waals surface area contributed by atoms with Crippen LogP contribution in [0.25, 0.3) is 0 Å². The average Bonchev–Trinajstić information content (AvgIpc) is 2.71. The van der Waals surface area contributed by atoms with E-state index in [1.54, 1.807) is 11.3 Å². The average molecular weight is 243 g/mol. The Bertz CT molecular complexity index is 352. The van der Waals surface area contributed by atoms with Gasteiger partial charge in [0.2, 0.25) is 5.91 Å². The van der Waals surface area contributed by atoms with Crippen molar-refractivity contribution < 1.29 is 9.00 Å². The fourth-order valence-corrected chi connectivity index (χ4v) is 3.31. The van der Waals surface area contributed by atoms with Crippen LogP contribution in [-0.4, -0.2) is 39.6 Å². The van der Waals surface area contributed by atoms with Crippen LogP contribution in [-0.2, 0) is 22.0 Å². The molecule has 1 amide bonds. The summed E-state index contributed by atoms with van der Waals surface area (Å²) in [6.45, 7) is 1.30. The summed E-state index contributed by atoms with van der Waals surface area (Å²) in [5.74, 6) is 1.43. The maximum absolute atomic E-state index is 11.8. The van der Waals surface area contributed by atoms with Crippen molar-refractivity contribution in [1.82, 2.24) is 4.90 Å². The fraction of sp³-hybridized carbons (Fsp3) is 0.500. The molecule has 0 spiro atoms. The zero-order valence-electron chi connectivity index (χ0n) is 8.35. The summed E-state index contributed by atoms with van der Waals surface area (Å²) in [5.41, 5.74) is 0. The molecule has 0 N–H and O–H groups in total. The summed E-state index contributed by atoms with van der Waals surface area (Å²) in [6.07, 6.45) is 0.490. The molecule has 0 radical (unpaired) electrons. The van der Waals surface area contributed by atoms with Crippen LogP contribution in [0.4, 0.5) is 0 Å². The molecule has 0 saturated carbocycles. The summed E-state index contributed by atoms with van der Waals surface area (Å²) in [7, 11) is -0.707. The minimum Gasteiger partial charge on any atom is -0.341 e. The Balaban J connectivity index is 1.89. The second kappa shape index (κ2) is 4.90. The smallest absolute Gasteiger partial charge is 0.227 e. The number of amides is 1. The van der Waals surface area contributed by atoms with E-state index in [1.807, 2.05) is 22.4 Å². The second-order valence-electron chi connectivity index (χ2n) is 3.49. The van der Waals surface area contributed by atoms with Gasteiger partial charge < -0.3 is 4.90 Å². The SMILES string of the molecule is O=C(Cc1cccs1)N1CCS(=O)CC1. The Hall–Kier alpha value is -0.680. The van der Waals surface area contributed by atoms with Gasteiger partial charge in [-0.3, -0.25) is 9.00 Å². The molecule has 2 heterocycles. The second-order valence-corrected chi connectivity index (χ2v) is 6.21. The lowest BCUT2D eigenvalue weighted by Gasteiger charge is -2.26. The molecule has 2 rings (SSSR count). The summed E-state index contributed by atoms with van der Waals surface area (Å²) in [6, 6.07) is 3.93. The molecule has 1 aliphatic heterocycles. The van der Waals surface area contributed by atoms with Crippen molar-refractivity contribution in [3.05, 3.63) is 22.4 Å². The van der Waals surface area contributed by atoms with Gasteiger partial charge in [0, 0.05) is 40.3 Å². The number of hydrogen-bond donors (Lipinski definition) is 0. The molecule has 0 atom stereocenters. The number of nitrogens with zero attached hydrogens (tertiary/aromatic N) is 1. The number of thiophene rings is 1. The third kappa shape index (κ3) is 2.89. The van der Waals surface area contributed by atoms with E-state index in [0.29, 0.717) is 31.0 Å². The lowest BCUT2D eigenvalue weighted by Crippen LogP contribution is -2.42. The Morgan fingerprint density at radius 1 is 1.47 bits per heavy atom. The van der Waals surface area contributed by atoms with Crippen molar-refractivity contribution in [1.29, 1.82) is 0 Å². The van der Waals surface area contributed by atoms with Crippen LogP contribution in [0.3, 0.4) is 0 Å². The number of rotatable bonds is 2. The molecule has 1 aromatic heterocycles. The third-order valence-electron chi connectivity index (χ3n) is 2.44. The van der Waals surface area contributed by atoms with E-state index in [4.69, 9.17) is 0 Å². The maximum atomic E-state index is 11.8. The van der Waals surface area contributed by atoms with Crippen molar-refractivity contribution in [3.8, 4) is 0 Å². The highest BCUT2D eigenvalue weighted by Crippen LogP contribution is 2.11. The van der Waals surface area contributed by atoms with E-state index in [9.17, 15) is 9.00 Å². The quantitative estimate of drug-likeness (QED) is 0.773. The maximum Gasteiger partial charge on any atom is 0.227 e. The zero-order valence-corrected chi connectivity index (χ0v) is 9.98. The van der Waals surface area contributed by atoms with E-state index in [1.165, 1.54) is 0 Å². The van der Waals surface area contributed by atoms with E-state index in [0.717, 1.165) is 4.88 Å². The molecule has 82 valence electrons. The first-order chi connectivity index (χ1) is 7.25. The third-order valence-corrected chi connectivity index (χ3v) is 4.59. The molecule has 0 aliphatic carbocycles. The Kier molecular flexibility index (Phi) is 3.53. The minimum absolute atomic E-state index is 0.161. The Morgan fingerprint density at radius 2 is 2.20 bits per heavy atom. The number of carbonyl (C=O) groups excluding carboxylic acids is 1. The highest BCUT2D eigenvalue weighted by atomic mass is 32.2. The van der Waals surface area contributed by atoms with Crippen LogP contribution in [0.5, 0.6) is 0 Å². The number of hydrogen-bond acceptors (Lipinski definition) is 3. The van der Waals surface area contributed by atoms with E-state index in [2.05, 4.69) is 0 Å². The first-order valence-electron chi connectivity index (χ1n) is 4.91. The summed E-state index contributed by atoms with van der Waals surface area (Å²) >= 11 is 1.61. The van der Waals surface area contributed by atoms with Crippen molar-refractivity contribution in [2.45, 2.75) is 6.42 Å². The highest BCUT2D eigenvalue weighted by Gasteiger charge is 2.19. The zero-order chi connectivity index (χ0) is 10.7. The van der Waals surface area contributed by atoms with Gasteiger partial charge in [0.1, 0.15) is 0 Å². The van der Waals surface area contributed by atoms with Gasteiger partial charge in [0.15, 0.2) is 0 Å². The summed E-state index contributed by atoms with van der Waals surface area (Å²) < 4.78 is 11.1. The normalized spacial score (nSPS) is 18.0. The van der Waals surface area contributed by atoms with Crippen LogP contribution in [0.2, 0.25) is 0 Å². The molecule has 1 fully saturated rings. The first-order valence-corrected chi connectivity index (χ1v) is 7.27. The van der Waals surface area contributed by atoms with Crippen LogP contribution in [0.15, 0.2) is 17.5 Å². The first kappa shape index (κ1) is 10.8. The van der Waals surface area contributed by atoms with Gasteiger partial charge in [-0.25, -0.2) is 0 Å². The number of carbonyl (C=O) groups is 1. The molecule has 0 aromatic carbocycles. The van der Waals surface area contributed by atoms with Gasteiger partial charge in [-0.2, -0.15) is 0 Å². The van der Waals surface area contributed by atoms with Gasteiger partial charge in [0.05, 0.1) is 6.42 Å². The van der Waals surface area contributed by atoms with Crippen LogP contribution < -0.4 is 0 Å². The molecular formula is C10H13NO2S2. The molecule has 3 nitrogen and oxygen atoms in total. The topological polar surface area (TPSA) is 37.4 Å². The van der Waals surface area contributed by atoms with Crippen LogP contribution in [0.1, 0.15) is 4.88 Å². The van der Waals surface area contributed by atoms with Gasteiger partial charge in [-0.1, -0.05) is 6.07 Å². The van der Waals surface area contributed by atoms with E-state index < -0.39 is 10.8 Å².